The minimum absolute atomic E-state index is 0.248. The maximum absolute atomic E-state index is 12.4. The molecule has 0 bridgehead atoms. The summed E-state index contributed by atoms with van der Waals surface area (Å²) in [5.74, 6) is -0.495. The van der Waals surface area contributed by atoms with Crippen LogP contribution in [0.5, 0.6) is 0 Å². The molecule has 0 radical (unpaired) electrons. The lowest BCUT2D eigenvalue weighted by atomic mass is 10.1. The minimum Gasteiger partial charge on any atom is -0.354 e. The summed E-state index contributed by atoms with van der Waals surface area (Å²) in [6, 6.07) is 6.54. The number of rotatable bonds is 3. The van der Waals surface area contributed by atoms with Crippen molar-refractivity contribution in [1.82, 2.24) is 9.88 Å². The van der Waals surface area contributed by atoms with Crippen molar-refractivity contribution >= 4 is 28.3 Å². The van der Waals surface area contributed by atoms with Gasteiger partial charge in [0.05, 0.1) is 22.9 Å². The molecular formula is C15H15N3O2S. The van der Waals surface area contributed by atoms with E-state index in [9.17, 15) is 9.59 Å². The number of amides is 2. The molecule has 5 nitrogen and oxygen atoms in total. The summed E-state index contributed by atoms with van der Waals surface area (Å²) in [5, 5.41) is 2.75. The lowest BCUT2D eigenvalue weighted by Gasteiger charge is -2.20. The number of hydrogen-bond donors (Lipinski definition) is 0. The van der Waals surface area contributed by atoms with Gasteiger partial charge in [-0.25, -0.2) is 4.98 Å². The van der Waals surface area contributed by atoms with Crippen LogP contribution in [-0.2, 0) is 0 Å². The first-order valence-corrected chi connectivity index (χ1v) is 7.48. The van der Waals surface area contributed by atoms with Crippen LogP contribution >= 0.6 is 11.3 Å². The SMILES string of the molecule is CC(c1csc(N(C)C)n1)N1C(=O)c2ccccc2C1=O. The predicted molar refractivity (Wildman–Crippen MR) is 81.8 cm³/mol. The highest BCUT2D eigenvalue weighted by atomic mass is 32.1. The van der Waals surface area contributed by atoms with Crippen molar-refractivity contribution in [2.75, 3.05) is 19.0 Å². The van der Waals surface area contributed by atoms with Crippen LogP contribution in [0, 0.1) is 0 Å². The molecule has 1 aromatic heterocycles. The summed E-state index contributed by atoms with van der Waals surface area (Å²) in [6.45, 7) is 1.83. The van der Waals surface area contributed by atoms with E-state index < -0.39 is 0 Å². The molecule has 0 saturated heterocycles. The van der Waals surface area contributed by atoms with Crippen molar-refractivity contribution in [1.29, 1.82) is 0 Å². The Morgan fingerprint density at radius 1 is 1.14 bits per heavy atom. The van der Waals surface area contributed by atoms with Gasteiger partial charge in [-0.3, -0.25) is 14.5 Å². The van der Waals surface area contributed by atoms with Crippen molar-refractivity contribution < 1.29 is 9.59 Å². The average Bonchev–Trinajstić information content (AvgIpc) is 3.05. The first kappa shape index (κ1) is 13.8. The van der Waals surface area contributed by atoms with Gasteiger partial charge >= 0.3 is 0 Å². The summed E-state index contributed by atoms with van der Waals surface area (Å²) in [7, 11) is 3.82. The highest BCUT2D eigenvalue weighted by Gasteiger charge is 2.39. The number of anilines is 1. The summed E-state index contributed by atoms with van der Waals surface area (Å²) in [6.07, 6.45) is 0. The quantitative estimate of drug-likeness (QED) is 0.818. The Labute approximate surface area is 126 Å². The molecule has 1 unspecified atom stereocenters. The predicted octanol–water partition coefficient (Wildman–Crippen LogP) is 2.57. The van der Waals surface area contributed by atoms with Gasteiger partial charge in [0.25, 0.3) is 11.8 Å². The van der Waals surface area contributed by atoms with Gasteiger partial charge in [0.15, 0.2) is 5.13 Å². The van der Waals surface area contributed by atoms with Gasteiger partial charge in [0.2, 0.25) is 0 Å². The molecule has 1 aliphatic heterocycles. The fraction of sp³-hybridized carbons (Fsp3) is 0.267. The van der Waals surface area contributed by atoms with Gasteiger partial charge in [-0.05, 0) is 19.1 Å². The van der Waals surface area contributed by atoms with E-state index in [1.807, 2.05) is 31.3 Å². The Morgan fingerprint density at radius 2 is 1.71 bits per heavy atom. The second-order valence-corrected chi connectivity index (χ2v) is 5.99. The second kappa shape index (κ2) is 4.96. The summed E-state index contributed by atoms with van der Waals surface area (Å²) < 4.78 is 0. The topological polar surface area (TPSA) is 53.5 Å². The lowest BCUT2D eigenvalue weighted by Crippen LogP contribution is -2.32. The Morgan fingerprint density at radius 3 is 2.19 bits per heavy atom. The van der Waals surface area contributed by atoms with E-state index in [-0.39, 0.29) is 17.9 Å². The van der Waals surface area contributed by atoms with Crippen LogP contribution in [-0.4, -0.2) is 35.8 Å². The monoisotopic (exact) mass is 301 g/mol. The van der Waals surface area contributed by atoms with E-state index >= 15 is 0 Å². The van der Waals surface area contributed by atoms with Crippen LogP contribution in [0.15, 0.2) is 29.6 Å². The molecule has 2 amide bonds. The van der Waals surface area contributed by atoms with Crippen LogP contribution in [0.4, 0.5) is 5.13 Å². The Hall–Kier alpha value is -2.21. The zero-order valence-corrected chi connectivity index (χ0v) is 12.8. The zero-order chi connectivity index (χ0) is 15.1. The number of imide groups is 1. The van der Waals surface area contributed by atoms with Crippen molar-refractivity contribution in [3.8, 4) is 0 Å². The number of carbonyl (C=O) groups is 2. The minimum atomic E-state index is -0.373. The smallest absolute Gasteiger partial charge is 0.262 e. The third kappa shape index (κ3) is 2.12. The zero-order valence-electron chi connectivity index (χ0n) is 12.0. The lowest BCUT2D eigenvalue weighted by molar-refractivity contribution is 0.0592. The third-order valence-electron chi connectivity index (χ3n) is 3.53. The number of hydrogen-bond acceptors (Lipinski definition) is 5. The van der Waals surface area contributed by atoms with Crippen LogP contribution in [0.1, 0.15) is 39.4 Å². The molecule has 0 spiro atoms. The number of benzene rings is 1. The standard InChI is InChI=1S/C15H15N3O2S/c1-9(12-8-21-15(16-12)17(2)3)18-13(19)10-6-4-5-7-11(10)14(18)20/h4-9H,1-3H3. The maximum atomic E-state index is 12.4. The van der Waals surface area contributed by atoms with Crippen molar-refractivity contribution in [3.05, 3.63) is 46.5 Å². The summed E-state index contributed by atoms with van der Waals surface area (Å²) in [4.78, 5) is 32.5. The average molecular weight is 301 g/mol. The van der Waals surface area contributed by atoms with E-state index in [0.29, 0.717) is 11.1 Å². The van der Waals surface area contributed by atoms with E-state index in [4.69, 9.17) is 0 Å². The molecule has 108 valence electrons. The molecule has 3 rings (SSSR count). The van der Waals surface area contributed by atoms with Gasteiger partial charge in [0, 0.05) is 19.5 Å². The molecule has 6 heteroatoms. The highest BCUT2D eigenvalue weighted by molar-refractivity contribution is 7.13. The van der Waals surface area contributed by atoms with E-state index in [2.05, 4.69) is 4.98 Å². The molecule has 0 saturated carbocycles. The number of carbonyl (C=O) groups excluding carboxylic acids is 2. The maximum Gasteiger partial charge on any atom is 0.262 e. The Balaban J connectivity index is 1.94. The van der Waals surface area contributed by atoms with Crippen LogP contribution in [0.3, 0.4) is 0 Å². The molecule has 2 aromatic rings. The van der Waals surface area contributed by atoms with Gasteiger partial charge in [-0.2, -0.15) is 0 Å². The molecule has 0 aliphatic carbocycles. The first-order chi connectivity index (χ1) is 10.0. The fourth-order valence-corrected chi connectivity index (χ4v) is 3.21. The Kier molecular flexibility index (Phi) is 3.25. The second-order valence-electron chi connectivity index (χ2n) is 5.15. The Bertz CT molecular complexity index is 688. The van der Waals surface area contributed by atoms with Crippen molar-refractivity contribution in [2.45, 2.75) is 13.0 Å². The molecule has 21 heavy (non-hydrogen) atoms. The number of nitrogens with zero attached hydrogens (tertiary/aromatic N) is 3. The number of aromatic nitrogens is 1. The van der Waals surface area contributed by atoms with E-state index in [1.165, 1.54) is 16.2 Å². The molecule has 1 atom stereocenters. The van der Waals surface area contributed by atoms with Crippen LogP contribution in [0.25, 0.3) is 0 Å². The first-order valence-electron chi connectivity index (χ1n) is 6.60. The van der Waals surface area contributed by atoms with Crippen molar-refractivity contribution in [3.63, 3.8) is 0 Å². The molecule has 1 aliphatic rings. The van der Waals surface area contributed by atoms with Crippen LogP contribution < -0.4 is 4.90 Å². The normalized spacial score (nSPS) is 15.3. The number of thiazole rings is 1. The largest absolute Gasteiger partial charge is 0.354 e. The van der Waals surface area contributed by atoms with Crippen molar-refractivity contribution in [2.24, 2.45) is 0 Å². The highest BCUT2D eigenvalue weighted by Crippen LogP contribution is 2.32. The molecule has 0 N–H and O–H groups in total. The summed E-state index contributed by atoms with van der Waals surface area (Å²) >= 11 is 1.50. The van der Waals surface area contributed by atoms with Gasteiger partial charge in [-0.15, -0.1) is 11.3 Å². The van der Waals surface area contributed by atoms with E-state index in [1.54, 1.807) is 24.3 Å². The molecule has 1 aromatic carbocycles. The van der Waals surface area contributed by atoms with Gasteiger partial charge in [0.1, 0.15) is 0 Å². The van der Waals surface area contributed by atoms with Gasteiger partial charge in [-0.1, -0.05) is 12.1 Å². The van der Waals surface area contributed by atoms with Crippen LogP contribution in [0.2, 0.25) is 0 Å². The fourth-order valence-electron chi connectivity index (χ4n) is 2.37. The van der Waals surface area contributed by atoms with Gasteiger partial charge < -0.3 is 4.90 Å². The number of fused-ring (bicyclic) bond motifs is 1. The third-order valence-corrected chi connectivity index (χ3v) is 4.56. The molecule has 0 fully saturated rings. The summed E-state index contributed by atoms with van der Waals surface area (Å²) in [5.41, 5.74) is 1.67. The van der Waals surface area contributed by atoms with E-state index in [0.717, 1.165) is 10.8 Å². The molecule has 2 heterocycles. The molecular weight excluding hydrogens is 286 g/mol.